The third-order valence-corrected chi connectivity index (χ3v) is 6.68. The van der Waals surface area contributed by atoms with Crippen molar-refractivity contribution in [2.75, 3.05) is 11.4 Å². The van der Waals surface area contributed by atoms with Crippen LogP contribution in [0, 0.1) is 17.8 Å². The van der Waals surface area contributed by atoms with E-state index in [9.17, 15) is 19.2 Å². The third kappa shape index (κ3) is 3.72. The maximum atomic E-state index is 12.8. The zero-order chi connectivity index (χ0) is 20.7. The Bertz CT molecular complexity index is 860. The molecule has 2 bridgehead atoms. The number of ether oxygens (including phenoxy) is 1. The van der Waals surface area contributed by atoms with Gasteiger partial charge in [-0.1, -0.05) is 6.42 Å². The fraction of sp³-hybridized carbons (Fsp3) is 0.565. The second-order valence-corrected chi connectivity index (χ2v) is 8.60. The van der Waals surface area contributed by atoms with Crippen LogP contribution in [0.4, 0.5) is 5.69 Å². The largest absolute Gasteiger partial charge is 0.454 e. The molecule has 2 saturated carbocycles. The molecule has 29 heavy (non-hydrogen) atoms. The molecule has 6 nitrogen and oxygen atoms in total. The van der Waals surface area contributed by atoms with Gasteiger partial charge in [-0.15, -0.1) is 0 Å². The fourth-order valence-corrected chi connectivity index (χ4v) is 5.11. The zero-order valence-corrected chi connectivity index (χ0v) is 17.0. The first kappa shape index (κ1) is 19.8. The quantitative estimate of drug-likeness (QED) is 0.576. The van der Waals surface area contributed by atoms with Crippen LogP contribution in [0.2, 0.25) is 0 Å². The maximum absolute atomic E-state index is 12.8. The molecule has 0 spiro atoms. The van der Waals surface area contributed by atoms with Crippen LogP contribution in [0.3, 0.4) is 0 Å². The molecule has 0 saturated heterocycles. The lowest BCUT2D eigenvalue weighted by Crippen LogP contribution is -2.40. The van der Waals surface area contributed by atoms with Crippen LogP contribution in [0.15, 0.2) is 18.2 Å². The van der Waals surface area contributed by atoms with Gasteiger partial charge in [0.1, 0.15) is 5.78 Å². The summed E-state index contributed by atoms with van der Waals surface area (Å²) in [6.07, 6.45) is 3.72. The second-order valence-electron chi connectivity index (χ2n) is 8.60. The molecule has 1 aromatic rings. The average Bonchev–Trinajstić information content (AvgIpc) is 3.10. The molecule has 0 aromatic heterocycles. The zero-order valence-electron chi connectivity index (χ0n) is 17.0. The first-order valence-electron chi connectivity index (χ1n) is 10.5. The average molecular weight is 397 g/mol. The molecule has 0 radical (unpaired) electrons. The van der Waals surface area contributed by atoms with Crippen molar-refractivity contribution in [3.63, 3.8) is 0 Å². The summed E-state index contributed by atoms with van der Waals surface area (Å²) in [5, 5.41) is 0. The Hall–Kier alpha value is -2.50. The third-order valence-electron chi connectivity index (χ3n) is 6.68. The van der Waals surface area contributed by atoms with Gasteiger partial charge < -0.3 is 9.64 Å². The maximum Gasteiger partial charge on any atom is 0.309 e. The van der Waals surface area contributed by atoms with Gasteiger partial charge in [0.15, 0.2) is 6.10 Å². The molecule has 1 amide bonds. The number of benzene rings is 1. The molecule has 6 heteroatoms. The summed E-state index contributed by atoms with van der Waals surface area (Å²) in [6, 6.07) is 5.28. The number of carbonyl (C=O) groups is 4. The van der Waals surface area contributed by atoms with Gasteiger partial charge >= 0.3 is 5.97 Å². The lowest BCUT2D eigenvalue weighted by Gasteiger charge is -2.36. The predicted molar refractivity (Wildman–Crippen MR) is 107 cm³/mol. The topological polar surface area (TPSA) is 80.8 Å². The predicted octanol–water partition coefficient (Wildman–Crippen LogP) is 3.11. The highest BCUT2D eigenvalue weighted by Gasteiger charge is 2.42. The minimum atomic E-state index is -0.872. The SMILES string of the molecule is CC(=O)N1CCc2cc(C(=O)C(C)OC(=O)C3CC4CCCC(C3)C4=O)ccc21. The van der Waals surface area contributed by atoms with Crippen molar-refractivity contribution < 1.29 is 23.9 Å². The molecule has 0 N–H and O–H groups in total. The van der Waals surface area contributed by atoms with Gasteiger partial charge in [0.05, 0.1) is 5.92 Å². The number of rotatable bonds is 4. The van der Waals surface area contributed by atoms with E-state index in [0.717, 1.165) is 30.5 Å². The van der Waals surface area contributed by atoms with Crippen molar-refractivity contribution in [3.8, 4) is 0 Å². The smallest absolute Gasteiger partial charge is 0.309 e. The highest BCUT2D eigenvalue weighted by Crippen LogP contribution is 2.40. The van der Waals surface area contributed by atoms with E-state index in [4.69, 9.17) is 4.74 Å². The Balaban J connectivity index is 1.40. The van der Waals surface area contributed by atoms with E-state index in [1.807, 2.05) is 0 Å². The molecular formula is C23H27NO5. The van der Waals surface area contributed by atoms with Crippen LogP contribution in [-0.2, 0) is 25.5 Å². The molecule has 1 aliphatic heterocycles. The first-order chi connectivity index (χ1) is 13.8. The summed E-state index contributed by atoms with van der Waals surface area (Å²) in [6.45, 7) is 3.75. The number of Topliss-reactive ketones (excluding diaryl/α,β-unsaturated/α-hetero) is 2. The highest BCUT2D eigenvalue weighted by atomic mass is 16.5. The van der Waals surface area contributed by atoms with Crippen LogP contribution >= 0.6 is 0 Å². The fourth-order valence-electron chi connectivity index (χ4n) is 5.11. The summed E-state index contributed by atoms with van der Waals surface area (Å²) >= 11 is 0. The lowest BCUT2D eigenvalue weighted by atomic mass is 9.67. The Morgan fingerprint density at radius 2 is 1.83 bits per heavy atom. The molecule has 3 aliphatic rings. The van der Waals surface area contributed by atoms with Crippen molar-refractivity contribution in [1.29, 1.82) is 0 Å². The number of hydrogen-bond donors (Lipinski definition) is 0. The molecular weight excluding hydrogens is 370 g/mol. The molecule has 2 aliphatic carbocycles. The normalized spacial score (nSPS) is 26.6. The Labute approximate surface area is 170 Å². The van der Waals surface area contributed by atoms with Gasteiger partial charge in [-0.2, -0.15) is 0 Å². The summed E-state index contributed by atoms with van der Waals surface area (Å²) in [5.41, 5.74) is 2.30. The Kier molecular flexibility index (Phi) is 5.28. The van der Waals surface area contributed by atoms with Crippen LogP contribution in [0.1, 0.15) is 61.9 Å². The minimum absolute atomic E-state index is 0.0131. The summed E-state index contributed by atoms with van der Waals surface area (Å²) < 4.78 is 5.52. The molecule has 4 rings (SSSR count). The van der Waals surface area contributed by atoms with Gasteiger partial charge in [-0.3, -0.25) is 19.2 Å². The van der Waals surface area contributed by atoms with Gasteiger partial charge in [0.2, 0.25) is 11.7 Å². The number of anilines is 1. The molecule has 3 atom stereocenters. The summed E-state index contributed by atoms with van der Waals surface area (Å²) in [7, 11) is 0. The number of amides is 1. The Morgan fingerprint density at radius 3 is 2.48 bits per heavy atom. The molecule has 3 unspecified atom stereocenters. The van der Waals surface area contributed by atoms with E-state index in [1.165, 1.54) is 6.92 Å². The van der Waals surface area contributed by atoms with Crippen LogP contribution in [-0.4, -0.2) is 36.1 Å². The lowest BCUT2D eigenvalue weighted by molar-refractivity contribution is -0.155. The molecule has 1 heterocycles. The van der Waals surface area contributed by atoms with Crippen molar-refractivity contribution in [2.45, 2.75) is 58.5 Å². The van der Waals surface area contributed by atoms with E-state index in [0.29, 0.717) is 37.2 Å². The van der Waals surface area contributed by atoms with E-state index in [1.54, 1.807) is 30.0 Å². The summed E-state index contributed by atoms with van der Waals surface area (Å²) in [4.78, 5) is 51.1. The Morgan fingerprint density at radius 1 is 1.14 bits per heavy atom. The molecule has 2 fully saturated rings. The number of carbonyl (C=O) groups excluding carboxylic acids is 4. The van der Waals surface area contributed by atoms with Crippen molar-refractivity contribution in [3.05, 3.63) is 29.3 Å². The number of nitrogens with zero attached hydrogens (tertiary/aromatic N) is 1. The second kappa shape index (κ2) is 7.73. The van der Waals surface area contributed by atoms with Gasteiger partial charge in [0, 0.05) is 36.6 Å². The van der Waals surface area contributed by atoms with Crippen LogP contribution < -0.4 is 4.90 Å². The monoisotopic (exact) mass is 397 g/mol. The van der Waals surface area contributed by atoms with Gasteiger partial charge in [-0.05, 0) is 62.8 Å². The van der Waals surface area contributed by atoms with Crippen molar-refractivity contribution in [2.24, 2.45) is 17.8 Å². The standard InChI is InChI=1S/C23H27NO5/c1-13(29-23(28)19-11-16-4-3-5-17(12-19)22(16)27)21(26)18-6-7-20-15(10-18)8-9-24(20)14(2)25/h6-7,10,13,16-17,19H,3-5,8-9,11-12H2,1-2H3. The van der Waals surface area contributed by atoms with Crippen LogP contribution in [0.25, 0.3) is 0 Å². The van der Waals surface area contributed by atoms with Gasteiger partial charge in [-0.25, -0.2) is 0 Å². The van der Waals surface area contributed by atoms with E-state index in [-0.39, 0.29) is 35.4 Å². The van der Waals surface area contributed by atoms with E-state index in [2.05, 4.69) is 0 Å². The van der Waals surface area contributed by atoms with E-state index >= 15 is 0 Å². The number of fused-ring (bicyclic) bond motifs is 3. The minimum Gasteiger partial charge on any atom is -0.454 e. The summed E-state index contributed by atoms with van der Waals surface area (Å²) in [5.74, 6) is -0.641. The van der Waals surface area contributed by atoms with Crippen LogP contribution in [0.5, 0.6) is 0 Å². The molecule has 1 aromatic carbocycles. The molecule has 154 valence electrons. The van der Waals surface area contributed by atoms with E-state index < -0.39 is 6.10 Å². The first-order valence-corrected chi connectivity index (χ1v) is 10.5. The van der Waals surface area contributed by atoms with Gasteiger partial charge in [0.25, 0.3) is 0 Å². The number of ketones is 2. The number of esters is 1. The van der Waals surface area contributed by atoms with Crippen molar-refractivity contribution >= 4 is 29.1 Å². The number of hydrogen-bond acceptors (Lipinski definition) is 5. The highest BCUT2D eigenvalue weighted by molar-refractivity contribution is 6.02. The van der Waals surface area contributed by atoms with Crippen molar-refractivity contribution in [1.82, 2.24) is 0 Å².